The van der Waals surface area contributed by atoms with Crippen LogP contribution in [0.1, 0.15) is 21.5 Å². The molecule has 0 fully saturated rings. The summed E-state index contributed by atoms with van der Waals surface area (Å²) in [4.78, 5) is 33.9. The van der Waals surface area contributed by atoms with Gasteiger partial charge in [0.25, 0.3) is 11.8 Å². The Morgan fingerprint density at radius 1 is 0.914 bits per heavy atom. The minimum atomic E-state index is -4.55. The van der Waals surface area contributed by atoms with Gasteiger partial charge in [0.2, 0.25) is 0 Å². The van der Waals surface area contributed by atoms with E-state index in [9.17, 15) is 22.8 Å². The van der Waals surface area contributed by atoms with Crippen molar-refractivity contribution in [3.8, 4) is 11.4 Å². The van der Waals surface area contributed by atoms with Crippen LogP contribution >= 0.6 is 11.6 Å². The average Bonchev–Trinajstić information content (AvgIpc) is 2.86. The highest BCUT2D eigenvalue weighted by Gasteiger charge is 2.30. The molecule has 0 aliphatic rings. The summed E-state index contributed by atoms with van der Waals surface area (Å²) in [7, 11) is 0. The smallest absolute Gasteiger partial charge is 0.268 e. The highest BCUT2D eigenvalue weighted by atomic mass is 35.5. The fourth-order valence-corrected chi connectivity index (χ4v) is 3.43. The quantitative estimate of drug-likeness (QED) is 0.291. The van der Waals surface area contributed by atoms with E-state index < -0.39 is 23.6 Å². The molecule has 6 nitrogen and oxygen atoms in total. The van der Waals surface area contributed by atoms with Gasteiger partial charge >= 0.3 is 6.18 Å². The highest BCUT2D eigenvalue weighted by molar-refractivity contribution is 6.32. The highest BCUT2D eigenvalue weighted by Crippen LogP contribution is 2.32. The number of fused-ring (bicyclic) bond motifs is 1. The van der Waals surface area contributed by atoms with Crippen LogP contribution < -0.4 is 10.9 Å². The van der Waals surface area contributed by atoms with Gasteiger partial charge in [-0.25, -0.2) is 4.98 Å². The molecular weight excluding hydrogens is 481 g/mol. The average molecular weight is 497 g/mol. The van der Waals surface area contributed by atoms with Crippen LogP contribution in [0.15, 0.2) is 79.0 Å². The molecule has 0 saturated carbocycles. The topological polar surface area (TPSA) is 84.0 Å². The van der Waals surface area contributed by atoms with E-state index in [0.29, 0.717) is 22.3 Å². The Bertz CT molecular complexity index is 1440. The Hall–Kier alpha value is -4.24. The van der Waals surface area contributed by atoms with Gasteiger partial charge in [-0.15, -0.1) is 0 Å². The SMILES string of the molecule is O=C(/C=C/c1cc(C(F)(F)F)ccc1Cl)NNC(=O)c1cc(-c2ccccn2)nc2ccccc12. The monoisotopic (exact) mass is 496 g/mol. The molecule has 0 spiro atoms. The summed E-state index contributed by atoms with van der Waals surface area (Å²) in [5.74, 6) is -1.38. The zero-order valence-corrected chi connectivity index (χ0v) is 18.6. The first kappa shape index (κ1) is 23.9. The number of nitrogens with one attached hydrogen (secondary N) is 2. The molecule has 2 N–H and O–H groups in total. The van der Waals surface area contributed by atoms with Gasteiger partial charge in [-0.3, -0.25) is 25.4 Å². The van der Waals surface area contributed by atoms with Crippen LogP contribution in [0.5, 0.6) is 0 Å². The number of carbonyl (C=O) groups is 2. The maximum Gasteiger partial charge on any atom is 0.416 e. The van der Waals surface area contributed by atoms with Gasteiger partial charge in [0.05, 0.1) is 28.0 Å². The molecule has 4 aromatic rings. The zero-order valence-electron chi connectivity index (χ0n) is 17.8. The second-order valence-electron chi connectivity index (χ2n) is 7.30. The summed E-state index contributed by atoms with van der Waals surface area (Å²) in [6.07, 6.45) is -0.855. The molecule has 2 aromatic carbocycles. The molecule has 0 aliphatic heterocycles. The standard InChI is InChI=1S/C25H16ClF3N4O2/c26-19-10-9-16(25(27,28)29)13-15(19)8-11-23(34)32-33-24(35)18-14-22(21-7-3-4-12-30-21)31-20-6-2-1-5-17(18)20/h1-14H,(H,32,34)(H,33,35)/b11-8+. The summed E-state index contributed by atoms with van der Waals surface area (Å²) in [6, 6.07) is 16.6. The van der Waals surface area contributed by atoms with Crippen molar-refractivity contribution in [2.75, 3.05) is 0 Å². The number of rotatable bonds is 4. The zero-order chi connectivity index (χ0) is 25.0. The summed E-state index contributed by atoms with van der Waals surface area (Å²) >= 11 is 5.93. The molecule has 0 aliphatic carbocycles. The summed E-state index contributed by atoms with van der Waals surface area (Å²) in [6.45, 7) is 0. The predicted octanol–water partition coefficient (Wildman–Crippen LogP) is 5.44. The van der Waals surface area contributed by atoms with Crippen molar-refractivity contribution in [1.82, 2.24) is 20.8 Å². The van der Waals surface area contributed by atoms with E-state index in [0.717, 1.165) is 30.4 Å². The fraction of sp³-hybridized carbons (Fsp3) is 0.0400. The number of hydrogen-bond acceptors (Lipinski definition) is 4. The van der Waals surface area contributed by atoms with E-state index in [2.05, 4.69) is 20.8 Å². The minimum absolute atomic E-state index is 0.00287. The van der Waals surface area contributed by atoms with Crippen molar-refractivity contribution in [2.24, 2.45) is 0 Å². The Labute approximate surface area is 202 Å². The number of aromatic nitrogens is 2. The molecule has 2 amide bonds. The van der Waals surface area contributed by atoms with Crippen LogP contribution in [0.2, 0.25) is 5.02 Å². The minimum Gasteiger partial charge on any atom is -0.268 e. The van der Waals surface area contributed by atoms with Gasteiger partial charge in [0, 0.05) is 22.7 Å². The van der Waals surface area contributed by atoms with Gasteiger partial charge in [0.1, 0.15) is 0 Å². The maximum absolute atomic E-state index is 12.9. The van der Waals surface area contributed by atoms with Crippen molar-refractivity contribution in [2.45, 2.75) is 6.18 Å². The van der Waals surface area contributed by atoms with Crippen LogP contribution in [-0.4, -0.2) is 21.8 Å². The first-order valence-electron chi connectivity index (χ1n) is 10.2. The van der Waals surface area contributed by atoms with Crippen molar-refractivity contribution >= 4 is 40.4 Å². The van der Waals surface area contributed by atoms with Crippen LogP contribution in [-0.2, 0) is 11.0 Å². The van der Waals surface area contributed by atoms with E-state index >= 15 is 0 Å². The molecule has 10 heteroatoms. The lowest BCUT2D eigenvalue weighted by molar-refractivity contribution is -0.137. The van der Waals surface area contributed by atoms with Crippen LogP contribution in [0.25, 0.3) is 28.4 Å². The van der Waals surface area contributed by atoms with Gasteiger partial charge in [-0.1, -0.05) is 35.9 Å². The lowest BCUT2D eigenvalue weighted by Gasteiger charge is -2.10. The molecule has 2 heterocycles. The van der Waals surface area contributed by atoms with E-state index in [1.807, 2.05) is 0 Å². The third kappa shape index (κ3) is 5.64. The number of amides is 2. The van der Waals surface area contributed by atoms with E-state index in [1.54, 1.807) is 54.7 Å². The van der Waals surface area contributed by atoms with E-state index in [-0.39, 0.29) is 16.1 Å². The van der Waals surface area contributed by atoms with E-state index in [1.165, 1.54) is 0 Å². The molecule has 0 radical (unpaired) electrons. The molecule has 176 valence electrons. The summed E-state index contributed by atoms with van der Waals surface area (Å²) in [5.41, 5.74) is 5.47. The molecule has 0 saturated heterocycles. The second-order valence-corrected chi connectivity index (χ2v) is 7.71. The van der Waals surface area contributed by atoms with Crippen molar-refractivity contribution in [3.63, 3.8) is 0 Å². The first-order chi connectivity index (χ1) is 16.7. The third-order valence-electron chi connectivity index (χ3n) is 4.92. The van der Waals surface area contributed by atoms with Gasteiger partial charge in [-0.05, 0) is 54.1 Å². The lowest BCUT2D eigenvalue weighted by atomic mass is 10.1. The largest absolute Gasteiger partial charge is 0.416 e. The number of benzene rings is 2. The Balaban J connectivity index is 1.52. The molecule has 2 aromatic heterocycles. The maximum atomic E-state index is 12.9. The van der Waals surface area contributed by atoms with Crippen molar-refractivity contribution < 1.29 is 22.8 Å². The number of carbonyl (C=O) groups excluding carboxylic acids is 2. The van der Waals surface area contributed by atoms with Gasteiger partial charge in [0.15, 0.2) is 0 Å². The number of hydrazine groups is 1. The molecule has 0 atom stereocenters. The fourth-order valence-electron chi connectivity index (χ4n) is 3.25. The molecule has 0 bridgehead atoms. The number of nitrogens with zero attached hydrogens (tertiary/aromatic N) is 2. The molecule has 35 heavy (non-hydrogen) atoms. The predicted molar refractivity (Wildman–Crippen MR) is 126 cm³/mol. The Morgan fingerprint density at radius 2 is 1.69 bits per heavy atom. The first-order valence-corrected chi connectivity index (χ1v) is 10.6. The normalized spacial score (nSPS) is 11.5. The van der Waals surface area contributed by atoms with E-state index in [4.69, 9.17) is 11.6 Å². The Morgan fingerprint density at radius 3 is 2.43 bits per heavy atom. The number of para-hydroxylation sites is 1. The molecular formula is C25H16ClF3N4O2. The van der Waals surface area contributed by atoms with Crippen molar-refractivity contribution in [1.29, 1.82) is 0 Å². The number of pyridine rings is 2. The molecule has 4 rings (SSSR count). The lowest BCUT2D eigenvalue weighted by Crippen LogP contribution is -2.40. The van der Waals surface area contributed by atoms with Crippen LogP contribution in [0.4, 0.5) is 13.2 Å². The second kappa shape index (κ2) is 9.94. The van der Waals surface area contributed by atoms with Crippen LogP contribution in [0.3, 0.4) is 0 Å². The summed E-state index contributed by atoms with van der Waals surface area (Å²) < 4.78 is 38.7. The van der Waals surface area contributed by atoms with Gasteiger partial charge < -0.3 is 0 Å². The summed E-state index contributed by atoms with van der Waals surface area (Å²) in [5, 5.41) is 0.599. The van der Waals surface area contributed by atoms with Crippen molar-refractivity contribution in [3.05, 3.63) is 101 Å². The van der Waals surface area contributed by atoms with Crippen LogP contribution in [0, 0.1) is 0 Å². The number of hydrogen-bond donors (Lipinski definition) is 2. The number of halogens is 4. The number of alkyl halides is 3. The third-order valence-corrected chi connectivity index (χ3v) is 5.27. The molecule has 0 unspecified atom stereocenters. The Kier molecular flexibility index (Phi) is 6.79. The van der Waals surface area contributed by atoms with Gasteiger partial charge in [-0.2, -0.15) is 13.2 Å².